The van der Waals surface area contributed by atoms with Gasteiger partial charge in [-0.15, -0.1) is 5.10 Å². The van der Waals surface area contributed by atoms with Gasteiger partial charge in [0.25, 0.3) is 0 Å². The Kier molecular flexibility index (Phi) is 7.21. The van der Waals surface area contributed by atoms with Crippen LogP contribution in [0.3, 0.4) is 0 Å². The number of para-hydroxylation sites is 1. The highest BCUT2D eigenvalue weighted by molar-refractivity contribution is 6.01. The van der Waals surface area contributed by atoms with Crippen molar-refractivity contribution < 1.29 is 23.5 Å². The first-order valence-electron chi connectivity index (χ1n) is 12.4. The van der Waals surface area contributed by atoms with E-state index in [0.717, 1.165) is 6.42 Å². The Morgan fingerprint density at radius 3 is 2.61 bits per heavy atom. The molecule has 9 nitrogen and oxygen atoms in total. The van der Waals surface area contributed by atoms with E-state index >= 15 is 0 Å². The van der Waals surface area contributed by atoms with Crippen LogP contribution in [-0.4, -0.2) is 40.1 Å². The lowest BCUT2D eigenvalue weighted by Gasteiger charge is -2.31. The van der Waals surface area contributed by atoms with Gasteiger partial charge in [-0.1, -0.05) is 43.3 Å². The number of nitrogens with one attached hydrogen (secondary N) is 1. The van der Waals surface area contributed by atoms with Crippen molar-refractivity contribution >= 4 is 28.5 Å². The Balaban J connectivity index is 1.57. The molecule has 1 N–H and O–H groups in total. The Morgan fingerprint density at radius 2 is 1.82 bits per heavy atom. The lowest BCUT2D eigenvalue weighted by Crippen LogP contribution is -2.45. The number of ether oxygens (including phenoxy) is 2. The number of hydrogen-bond donors (Lipinski definition) is 1. The van der Waals surface area contributed by atoms with Crippen LogP contribution in [-0.2, 0) is 16.1 Å². The molecular weight excluding hydrogens is 489 g/mol. The molecule has 2 amide bonds. The van der Waals surface area contributed by atoms with Crippen molar-refractivity contribution in [1.29, 1.82) is 0 Å². The highest BCUT2D eigenvalue weighted by Crippen LogP contribution is 2.38. The first-order valence-corrected chi connectivity index (χ1v) is 12.4. The summed E-state index contributed by atoms with van der Waals surface area (Å²) in [7, 11) is 0. The van der Waals surface area contributed by atoms with Crippen LogP contribution in [0.4, 0.5) is 10.1 Å². The standard InChI is InChI=1S/C28H28FN5O4/c1-18(2)13-14-30-28(36)27(19-7-9-20(29)10-8-19)34(21-11-12-24-25(15-21)38-17-37-24)26(35)16-33-23-6-4-3-5-22(23)31-32-33/h3-12,15,18,27H,13-14,16-17H2,1-2H3,(H,30,36)/t27-/m1/s1. The summed E-state index contributed by atoms with van der Waals surface area (Å²) < 4.78 is 26.3. The van der Waals surface area contributed by atoms with E-state index < -0.39 is 17.8 Å². The van der Waals surface area contributed by atoms with E-state index in [9.17, 15) is 14.0 Å². The molecule has 4 aromatic rings. The average molecular weight is 518 g/mol. The van der Waals surface area contributed by atoms with Gasteiger partial charge in [-0.3, -0.25) is 14.5 Å². The smallest absolute Gasteiger partial charge is 0.249 e. The molecule has 1 aliphatic rings. The lowest BCUT2D eigenvalue weighted by atomic mass is 10.0. The van der Waals surface area contributed by atoms with Crippen LogP contribution in [0.15, 0.2) is 66.7 Å². The number of benzene rings is 3. The van der Waals surface area contributed by atoms with Gasteiger partial charge < -0.3 is 14.8 Å². The van der Waals surface area contributed by atoms with Gasteiger partial charge in [-0.05, 0) is 54.3 Å². The number of halogens is 1. The van der Waals surface area contributed by atoms with Crippen molar-refractivity contribution in [1.82, 2.24) is 20.3 Å². The Labute approximate surface area is 219 Å². The number of hydrogen-bond acceptors (Lipinski definition) is 6. The van der Waals surface area contributed by atoms with Crippen molar-refractivity contribution in [3.63, 3.8) is 0 Å². The summed E-state index contributed by atoms with van der Waals surface area (Å²) in [4.78, 5) is 29.1. The van der Waals surface area contributed by atoms with Crippen LogP contribution in [0.1, 0.15) is 31.9 Å². The van der Waals surface area contributed by atoms with E-state index in [1.807, 2.05) is 24.3 Å². The molecule has 0 aliphatic carbocycles. The Morgan fingerprint density at radius 1 is 1.05 bits per heavy atom. The minimum Gasteiger partial charge on any atom is -0.454 e. The maximum atomic E-state index is 14.0. The molecule has 38 heavy (non-hydrogen) atoms. The molecule has 0 radical (unpaired) electrons. The number of nitrogens with zero attached hydrogens (tertiary/aromatic N) is 4. The van der Waals surface area contributed by atoms with Gasteiger partial charge in [0.2, 0.25) is 18.6 Å². The maximum Gasteiger partial charge on any atom is 0.249 e. The van der Waals surface area contributed by atoms with Crippen LogP contribution < -0.4 is 19.7 Å². The van der Waals surface area contributed by atoms with Crippen molar-refractivity contribution in [2.75, 3.05) is 18.2 Å². The molecule has 0 spiro atoms. The summed E-state index contributed by atoms with van der Waals surface area (Å²) in [5, 5.41) is 11.2. The van der Waals surface area contributed by atoms with E-state index in [4.69, 9.17) is 9.47 Å². The fourth-order valence-electron chi connectivity index (χ4n) is 4.35. The summed E-state index contributed by atoms with van der Waals surface area (Å²) >= 11 is 0. The quantitative estimate of drug-likeness (QED) is 0.357. The zero-order chi connectivity index (χ0) is 26.6. The van der Waals surface area contributed by atoms with Gasteiger partial charge in [0.15, 0.2) is 11.5 Å². The fraction of sp³-hybridized carbons (Fsp3) is 0.286. The van der Waals surface area contributed by atoms with Crippen LogP contribution in [0.2, 0.25) is 0 Å². The molecule has 0 fully saturated rings. The first kappa shape index (κ1) is 25.2. The second-order valence-electron chi connectivity index (χ2n) is 9.46. The van der Waals surface area contributed by atoms with Gasteiger partial charge in [0.05, 0.1) is 5.52 Å². The summed E-state index contributed by atoms with van der Waals surface area (Å²) in [6, 6.07) is 16.9. The van der Waals surface area contributed by atoms with Crippen molar-refractivity contribution in [3.05, 3.63) is 78.1 Å². The molecule has 2 heterocycles. The van der Waals surface area contributed by atoms with Gasteiger partial charge >= 0.3 is 0 Å². The maximum absolute atomic E-state index is 14.0. The topological polar surface area (TPSA) is 98.6 Å². The Bertz CT molecular complexity index is 1450. The average Bonchev–Trinajstić information content (AvgIpc) is 3.54. The minimum absolute atomic E-state index is 0.0642. The van der Waals surface area contributed by atoms with E-state index in [1.165, 1.54) is 33.8 Å². The van der Waals surface area contributed by atoms with Crippen LogP contribution >= 0.6 is 0 Å². The number of fused-ring (bicyclic) bond motifs is 2. The second-order valence-corrected chi connectivity index (χ2v) is 9.46. The molecule has 5 rings (SSSR count). The first-order chi connectivity index (χ1) is 18.4. The predicted octanol–water partition coefficient (Wildman–Crippen LogP) is 4.24. The number of rotatable bonds is 9. The number of carbonyl (C=O) groups is 2. The third kappa shape index (κ3) is 5.29. The normalized spacial score (nSPS) is 13.1. The predicted molar refractivity (Wildman–Crippen MR) is 139 cm³/mol. The number of carbonyl (C=O) groups excluding carboxylic acids is 2. The molecule has 3 aromatic carbocycles. The lowest BCUT2D eigenvalue weighted by molar-refractivity contribution is -0.127. The molecule has 1 aromatic heterocycles. The zero-order valence-electron chi connectivity index (χ0n) is 21.1. The molecule has 1 aliphatic heterocycles. The van der Waals surface area contributed by atoms with Crippen LogP contribution in [0.25, 0.3) is 11.0 Å². The van der Waals surface area contributed by atoms with Crippen molar-refractivity contribution in [3.8, 4) is 11.5 Å². The van der Waals surface area contributed by atoms with Gasteiger partial charge in [0, 0.05) is 18.3 Å². The molecule has 0 bridgehead atoms. The summed E-state index contributed by atoms with van der Waals surface area (Å²) in [5.74, 6) is 0.154. The highest BCUT2D eigenvalue weighted by atomic mass is 19.1. The number of anilines is 1. The number of amides is 2. The third-order valence-electron chi connectivity index (χ3n) is 6.32. The van der Waals surface area contributed by atoms with Crippen LogP contribution in [0, 0.1) is 11.7 Å². The largest absolute Gasteiger partial charge is 0.454 e. The minimum atomic E-state index is -1.08. The second kappa shape index (κ2) is 10.9. The molecule has 1 atom stereocenters. The van der Waals surface area contributed by atoms with Crippen LogP contribution in [0.5, 0.6) is 11.5 Å². The fourth-order valence-corrected chi connectivity index (χ4v) is 4.35. The SMILES string of the molecule is CC(C)CCNC(=O)[C@@H](c1ccc(F)cc1)N(C(=O)Cn1nnc2ccccc21)c1ccc2c(c1)OCO2. The molecule has 0 saturated heterocycles. The van der Waals surface area contributed by atoms with E-state index in [1.54, 1.807) is 18.2 Å². The molecule has 10 heteroatoms. The highest BCUT2D eigenvalue weighted by Gasteiger charge is 2.34. The van der Waals surface area contributed by atoms with Gasteiger partial charge in [-0.2, -0.15) is 0 Å². The third-order valence-corrected chi connectivity index (χ3v) is 6.32. The van der Waals surface area contributed by atoms with E-state index in [-0.39, 0.29) is 19.2 Å². The summed E-state index contributed by atoms with van der Waals surface area (Å²) in [6.45, 7) is 4.45. The number of aromatic nitrogens is 3. The van der Waals surface area contributed by atoms with Crippen molar-refractivity contribution in [2.24, 2.45) is 5.92 Å². The summed E-state index contributed by atoms with van der Waals surface area (Å²) in [6.07, 6.45) is 0.769. The molecule has 196 valence electrons. The van der Waals surface area contributed by atoms with Gasteiger partial charge in [-0.25, -0.2) is 9.07 Å². The molecule has 0 unspecified atom stereocenters. The Hall–Kier alpha value is -4.47. The van der Waals surface area contributed by atoms with E-state index in [2.05, 4.69) is 29.5 Å². The molecular formula is C28H28FN5O4. The summed E-state index contributed by atoms with van der Waals surface area (Å²) in [5.41, 5.74) is 2.22. The van der Waals surface area contributed by atoms with Crippen molar-refractivity contribution in [2.45, 2.75) is 32.9 Å². The monoisotopic (exact) mass is 517 g/mol. The van der Waals surface area contributed by atoms with Gasteiger partial charge in [0.1, 0.15) is 23.9 Å². The molecule has 0 saturated carbocycles. The zero-order valence-corrected chi connectivity index (χ0v) is 21.1. The van der Waals surface area contributed by atoms with E-state index in [0.29, 0.717) is 46.2 Å².